The Balaban J connectivity index is 2.11. The lowest BCUT2D eigenvalue weighted by Gasteiger charge is -2.11. The molecule has 0 radical (unpaired) electrons. The molecule has 4 nitrogen and oxygen atoms in total. The van der Waals surface area contributed by atoms with E-state index >= 15 is 0 Å². The van der Waals surface area contributed by atoms with Gasteiger partial charge in [-0.2, -0.15) is 0 Å². The first-order chi connectivity index (χ1) is 10.2. The molecule has 2 aromatic heterocycles. The lowest BCUT2D eigenvalue weighted by molar-refractivity contribution is 0.484. The van der Waals surface area contributed by atoms with Gasteiger partial charge in [0.1, 0.15) is 10.5 Å². The molecule has 0 amide bonds. The number of halogens is 1. The van der Waals surface area contributed by atoms with E-state index in [2.05, 4.69) is 9.97 Å². The van der Waals surface area contributed by atoms with Crippen LogP contribution < -0.4 is 10.5 Å². The Morgan fingerprint density at radius 3 is 2.81 bits per heavy atom. The summed E-state index contributed by atoms with van der Waals surface area (Å²) in [5.74, 6) is 1.06. The predicted molar refractivity (Wildman–Crippen MR) is 87.0 cm³/mol. The van der Waals surface area contributed by atoms with Crippen LogP contribution in [0.3, 0.4) is 0 Å². The summed E-state index contributed by atoms with van der Waals surface area (Å²) in [6.45, 7) is 0. The summed E-state index contributed by atoms with van der Waals surface area (Å²) in [5.41, 5.74) is 6.99. The van der Waals surface area contributed by atoms with E-state index in [0.29, 0.717) is 27.6 Å². The first kappa shape index (κ1) is 13.7. The van der Waals surface area contributed by atoms with E-state index in [1.54, 1.807) is 36.8 Å². The van der Waals surface area contributed by atoms with Crippen molar-refractivity contribution in [2.75, 3.05) is 0 Å². The Labute approximate surface area is 131 Å². The summed E-state index contributed by atoms with van der Waals surface area (Å²) in [5, 5.41) is 1.43. The van der Waals surface area contributed by atoms with E-state index in [-0.39, 0.29) is 4.99 Å². The van der Waals surface area contributed by atoms with Gasteiger partial charge in [-0.3, -0.25) is 9.97 Å². The highest BCUT2D eigenvalue weighted by molar-refractivity contribution is 7.80. The average Bonchev–Trinajstić information content (AvgIpc) is 2.51. The Bertz CT molecular complexity index is 838. The molecule has 2 heterocycles. The molecule has 0 unspecified atom stereocenters. The fourth-order valence-corrected chi connectivity index (χ4v) is 2.36. The minimum Gasteiger partial charge on any atom is -0.453 e. The third-order valence-electron chi connectivity index (χ3n) is 2.95. The highest BCUT2D eigenvalue weighted by atomic mass is 35.5. The van der Waals surface area contributed by atoms with Gasteiger partial charge in [0, 0.05) is 17.8 Å². The fraction of sp³-hybridized carbons (Fsp3) is 0. The Hall–Kier alpha value is -2.24. The number of fused-ring (bicyclic) bond motifs is 1. The number of aromatic nitrogens is 2. The van der Waals surface area contributed by atoms with Crippen molar-refractivity contribution in [3.63, 3.8) is 0 Å². The van der Waals surface area contributed by atoms with Gasteiger partial charge in [-0.15, -0.1) is 0 Å². The van der Waals surface area contributed by atoms with Crippen LogP contribution in [0, 0.1) is 0 Å². The number of rotatable bonds is 3. The molecule has 0 atom stereocenters. The third kappa shape index (κ3) is 2.66. The summed E-state index contributed by atoms with van der Waals surface area (Å²) >= 11 is 11.2. The van der Waals surface area contributed by atoms with E-state index < -0.39 is 0 Å². The van der Waals surface area contributed by atoms with E-state index in [1.807, 2.05) is 12.1 Å². The van der Waals surface area contributed by atoms with Crippen molar-refractivity contribution in [3.05, 3.63) is 59.5 Å². The molecule has 21 heavy (non-hydrogen) atoms. The summed E-state index contributed by atoms with van der Waals surface area (Å²) < 4.78 is 5.89. The Morgan fingerprint density at radius 2 is 2.00 bits per heavy atom. The molecule has 0 bridgehead atoms. The van der Waals surface area contributed by atoms with Gasteiger partial charge >= 0.3 is 0 Å². The van der Waals surface area contributed by atoms with Crippen molar-refractivity contribution in [3.8, 4) is 11.5 Å². The second kappa shape index (κ2) is 5.63. The molecule has 1 aromatic carbocycles. The van der Waals surface area contributed by atoms with Crippen molar-refractivity contribution in [2.45, 2.75) is 0 Å². The van der Waals surface area contributed by atoms with Crippen molar-refractivity contribution < 1.29 is 4.74 Å². The summed E-state index contributed by atoms with van der Waals surface area (Å²) in [6, 6.07) is 8.94. The van der Waals surface area contributed by atoms with E-state index in [0.717, 1.165) is 5.39 Å². The first-order valence-corrected chi connectivity index (χ1v) is 6.90. The van der Waals surface area contributed by atoms with Gasteiger partial charge in [0.2, 0.25) is 0 Å². The van der Waals surface area contributed by atoms with Gasteiger partial charge in [-0.1, -0.05) is 23.8 Å². The number of thiocarbonyl (C=S) groups is 1. The van der Waals surface area contributed by atoms with Gasteiger partial charge in [0.15, 0.2) is 11.5 Å². The Morgan fingerprint density at radius 1 is 1.14 bits per heavy atom. The summed E-state index contributed by atoms with van der Waals surface area (Å²) in [7, 11) is 0. The van der Waals surface area contributed by atoms with Crippen LogP contribution in [0.4, 0.5) is 0 Å². The number of hydrogen-bond donors (Lipinski definition) is 1. The number of benzene rings is 1. The van der Waals surface area contributed by atoms with Crippen LogP contribution in [0.5, 0.6) is 11.5 Å². The topological polar surface area (TPSA) is 61.0 Å². The van der Waals surface area contributed by atoms with Crippen LogP contribution in [0.1, 0.15) is 5.56 Å². The first-order valence-electron chi connectivity index (χ1n) is 6.11. The van der Waals surface area contributed by atoms with Crippen molar-refractivity contribution >= 4 is 39.7 Å². The molecule has 0 aliphatic heterocycles. The van der Waals surface area contributed by atoms with Crippen LogP contribution in [0.25, 0.3) is 10.9 Å². The normalized spacial score (nSPS) is 10.5. The highest BCUT2D eigenvalue weighted by Gasteiger charge is 2.11. The van der Waals surface area contributed by atoms with Crippen molar-refractivity contribution in [1.29, 1.82) is 0 Å². The molecular weight excluding hydrogens is 306 g/mol. The van der Waals surface area contributed by atoms with Crippen LogP contribution in [-0.4, -0.2) is 15.0 Å². The molecule has 3 rings (SSSR count). The Kier molecular flexibility index (Phi) is 3.68. The maximum absolute atomic E-state index is 6.17. The zero-order chi connectivity index (χ0) is 14.8. The van der Waals surface area contributed by atoms with Crippen LogP contribution in [0.15, 0.2) is 48.9 Å². The van der Waals surface area contributed by atoms with Crippen LogP contribution >= 0.6 is 23.8 Å². The zero-order valence-electron chi connectivity index (χ0n) is 10.8. The maximum Gasteiger partial charge on any atom is 0.155 e. The second-order valence-corrected chi connectivity index (χ2v) is 5.13. The highest BCUT2D eigenvalue weighted by Crippen LogP contribution is 2.33. The molecule has 0 aliphatic carbocycles. The van der Waals surface area contributed by atoms with Gasteiger partial charge in [-0.25, -0.2) is 0 Å². The van der Waals surface area contributed by atoms with Crippen LogP contribution in [0.2, 0.25) is 5.02 Å². The summed E-state index contributed by atoms with van der Waals surface area (Å²) in [4.78, 5) is 8.60. The quantitative estimate of drug-likeness (QED) is 0.747. The summed E-state index contributed by atoms with van der Waals surface area (Å²) in [6.07, 6.45) is 4.86. The molecule has 0 fully saturated rings. The minimum absolute atomic E-state index is 0.249. The molecular formula is C15H10ClN3OS. The SMILES string of the molecule is NC(=S)c1ccncc1Oc1ccc(Cl)c2cccnc12. The molecule has 2 N–H and O–H groups in total. The molecule has 3 aromatic rings. The van der Waals surface area contributed by atoms with E-state index in [1.165, 1.54) is 0 Å². The minimum atomic E-state index is 0.249. The number of ether oxygens (including phenoxy) is 1. The molecule has 0 saturated heterocycles. The standard InChI is InChI=1S/C15H10ClN3OS/c16-11-3-4-12(14-9(11)2-1-6-19-14)20-13-8-18-7-5-10(13)15(17)21/h1-8H,(H2,17,21). The molecule has 0 saturated carbocycles. The predicted octanol–water partition coefficient (Wildman–Crippen LogP) is 3.71. The average molecular weight is 316 g/mol. The van der Waals surface area contributed by atoms with Crippen molar-refractivity contribution in [1.82, 2.24) is 9.97 Å². The lowest BCUT2D eigenvalue weighted by atomic mass is 10.2. The van der Waals surface area contributed by atoms with Gasteiger partial charge in [-0.05, 0) is 30.3 Å². The molecule has 0 spiro atoms. The van der Waals surface area contributed by atoms with E-state index in [4.69, 9.17) is 34.3 Å². The van der Waals surface area contributed by atoms with E-state index in [9.17, 15) is 0 Å². The van der Waals surface area contributed by atoms with Gasteiger partial charge in [0.25, 0.3) is 0 Å². The monoisotopic (exact) mass is 315 g/mol. The largest absolute Gasteiger partial charge is 0.453 e. The second-order valence-electron chi connectivity index (χ2n) is 4.28. The fourth-order valence-electron chi connectivity index (χ4n) is 1.98. The molecule has 0 aliphatic rings. The number of nitrogens with two attached hydrogens (primary N) is 1. The van der Waals surface area contributed by atoms with Gasteiger partial charge in [0.05, 0.1) is 16.8 Å². The maximum atomic E-state index is 6.17. The number of nitrogens with zero attached hydrogens (tertiary/aromatic N) is 2. The third-order valence-corrected chi connectivity index (χ3v) is 3.50. The zero-order valence-corrected chi connectivity index (χ0v) is 12.4. The van der Waals surface area contributed by atoms with Crippen molar-refractivity contribution in [2.24, 2.45) is 5.73 Å². The van der Waals surface area contributed by atoms with Crippen LogP contribution in [-0.2, 0) is 0 Å². The molecule has 104 valence electrons. The lowest BCUT2D eigenvalue weighted by Crippen LogP contribution is -2.10. The molecule has 6 heteroatoms. The van der Waals surface area contributed by atoms with Gasteiger partial charge < -0.3 is 10.5 Å². The number of hydrogen-bond acceptors (Lipinski definition) is 4. The smallest absolute Gasteiger partial charge is 0.155 e. The number of pyridine rings is 2.